The second kappa shape index (κ2) is 66.8. The zero-order valence-electron chi connectivity index (χ0n) is 52.1. The summed E-state index contributed by atoms with van der Waals surface area (Å²) in [6.07, 6.45) is 90.1. The highest BCUT2D eigenvalue weighted by Crippen LogP contribution is 2.17. The minimum atomic E-state index is -0.781. The molecular formula is C73H126O6. The van der Waals surface area contributed by atoms with Crippen LogP contribution in [-0.4, -0.2) is 37.2 Å². The third kappa shape index (κ3) is 65.0. The number of esters is 3. The monoisotopic (exact) mass is 1100 g/mol. The van der Waals surface area contributed by atoms with Crippen molar-refractivity contribution in [3.63, 3.8) is 0 Å². The van der Waals surface area contributed by atoms with Crippen LogP contribution in [0.4, 0.5) is 0 Å². The molecule has 0 aromatic carbocycles. The van der Waals surface area contributed by atoms with E-state index >= 15 is 0 Å². The Morgan fingerprint density at radius 1 is 0.266 bits per heavy atom. The summed E-state index contributed by atoms with van der Waals surface area (Å²) in [7, 11) is 0. The maximum atomic E-state index is 12.9. The van der Waals surface area contributed by atoms with Gasteiger partial charge >= 0.3 is 17.9 Å². The molecule has 0 saturated carbocycles. The Balaban J connectivity index is 4.11. The number of carbonyl (C=O) groups excluding carboxylic acids is 3. The Bertz CT molecular complexity index is 1540. The van der Waals surface area contributed by atoms with Gasteiger partial charge in [-0.2, -0.15) is 0 Å². The highest BCUT2D eigenvalue weighted by atomic mass is 16.6. The smallest absolute Gasteiger partial charge is 0.306 e. The van der Waals surface area contributed by atoms with Crippen LogP contribution in [0.15, 0.2) is 97.2 Å². The highest BCUT2D eigenvalue weighted by molar-refractivity contribution is 5.71. The van der Waals surface area contributed by atoms with Gasteiger partial charge in [0.05, 0.1) is 0 Å². The zero-order chi connectivity index (χ0) is 57.1. The summed E-state index contributed by atoms with van der Waals surface area (Å²) in [6, 6.07) is 0. The number of hydrogen-bond acceptors (Lipinski definition) is 6. The van der Waals surface area contributed by atoms with Gasteiger partial charge in [-0.25, -0.2) is 0 Å². The Labute approximate surface area is 489 Å². The molecule has 454 valence electrons. The molecule has 0 fully saturated rings. The summed E-state index contributed by atoms with van der Waals surface area (Å²) in [5.74, 6) is -0.880. The minimum Gasteiger partial charge on any atom is -0.462 e. The van der Waals surface area contributed by atoms with Gasteiger partial charge in [-0.15, -0.1) is 0 Å². The average Bonchev–Trinajstić information content (AvgIpc) is 3.45. The molecule has 0 aliphatic rings. The molecule has 0 saturated heterocycles. The number of hydrogen-bond donors (Lipinski definition) is 0. The van der Waals surface area contributed by atoms with Gasteiger partial charge in [-0.3, -0.25) is 14.4 Å². The molecule has 0 rings (SSSR count). The van der Waals surface area contributed by atoms with E-state index in [-0.39, 0.29) is 31.1 Å². The van der Waals surface area contributed by atoms with Gasteiger partial charge in [0, 0.05) is 19.3 Å². The molecule has 0 aromatic rings. The molecule has 0 radical (unpaired) electrons. The van der Waals surface area contributed by atoms with Crippen molar-refractivity contribution in [2.45, 2.75) is 335 Å². The van der Waals surface area contributed by atoms with Crippen molar-refractivity contribution >= 4 is 17.9 Å². The van der Waals surface area contributed by atoms with Gasteiger partial charge in [-0.1, -0.05) is 304 Å². The lowest BCUT2D eigenvalue weighted by Gasteiger charge is -2.18. The lowest BCUT2D eigenvalue weighted by Crippen LogP contribution is -2.30. The van der Waals surface area contributed by atoms with Crippen molar-refractivity contribution in [2.24, 2.45) is 0 Å². The van der Waals surface area contributed by atoms with E-state index in [4.69, 9.17) is 14.2 Å². The fraction of sp³-hybridized carbons (Fsp3) is 0.740. The van der Waals surface area contributed by atoms with Crippen molar-refractivity contribution in [1.29, 1.82) is 0 Å². The van der Waals surface area contributed by atoms with E-state index in [1.807, 2.05) is 0 Å². The molecule has 0 heterocycles. The maximum absolute atomic E-state index is 12.9. The third-order valence-corrected chi connectivity index (χ3v) is 14.6. The van der Waals surface area contributed by atoms with Crippen LogP contribution in [0.5, 0.6) is 0 Å². The van der Waals surface area contributed by atoms with Crippen LogP contribution in [0, 0.1) is 0 Å². The van der Waals surface area contributed by atoms with E-state index in [2.05, 4.69) is 118 Å². The minimum absolute atomic E-state index is 0.0780. The summed E-state index contributed by atoms with van der Waals surface area (Å²) in [5.41, 5.74) is 0. The third-order valence-electron chi connectivity index (χ3n) is 14.6. The van der Waals surface area contributed by atoms with Crippen molar-refractivity contribution in [1.82, 2.24) is 0 Å². The van der Waals surface area contributed by atoms with E-state index in [0.29, 0.717) is 19.3 Å². The molecule has 0 aliphatic carbocycles. The molecule has 6 nitrogen and oxygen atoms in total. The average molecular weight is 1100 g/mol. The van der Waals surface area contributed by atoms with Gasteiger partial charge in [0.2, 0.25) is 0 Å². The summed E-state index contributed by atoms with van der Waals surface area (Å²) in [5, 5.41) is 0. The van der Waals surface area contributed by atoms with Gasteiger partial charge in [0.25, 0.3) is 0 Å². The van der Waals surface area contributed by atoms with E-state index in [1.165, 1.54) is 167 Å². The lowest BCUT2D eigenvalue weighted by atomic mass is 10.0. The molecule has 0 N–H and O–H groups in total. The fourth-order valence-electron chi connectivity index (χ4n) is 9.54. The normalized spacial score (nSPS) is 12.7. The quantitative estimate of drug-likeness (QED) is 0.0261. The highest BCUT2D eigenvalue weighted by Gasteiger charge is 2.19. The van der Waals surface area contributed by atoms with Crippen molar-refractivity contribution in [3.8, 4) is 0 Å². The molecule has 0 spiro atoms. The molecule has 0 amide bonds. The van der Waals surface area contributed by atoms with Crippen molar-refractivity contribution in [3.05, 3.63) is 97.2 Å². The summed E-state index contributed by atoms with van der Waals surface area (Å²) in [4.78, 5) is 38.2. The fourth-order valence-corrected chi connectivity index (χ4v) is 9.54. The molecular weight excluding hydrogens is 973 g/mol. The number of unbranched alkanes of at least 4 members (excludes halogenated alkanes) is 34. The zero-order valence-corrected chi connectivity index (χ0v) is 52.1. The van der Waals surface area contributed by atoms with Gasteiger partial charge in [0.1, 0.15) is 13.2 Å². The van der Waals surface area contributed by atoms with Crippen molar-refractivity contribution < 1.29 is 28.6 Å². The van der Waals surface area contributed by atoms with Crippen LogP contribution in [-0.2, 0) is 28.6 Å². The largest absolute Gasteiger partial charge is 0.462 e. The first-order valence-corrected chi connectivity index (χ1v) is 33.7. The maximum Gasteiger partial charge on any atom is 0.306 e. The molecule has 1 unspecified atom stereocenters. The summed E-state index contributed by atoms with van der Waals surface area (Å²) < 4.78 is 16.9. The van der Waals surface area contributed by atoms with E-state index in [9.17, 15) is 14.4 Å². The summed E-state index contributed by atoms with van der Waals surface area (Å²) >= 11 is 0. The second-order valence-electron chi connectivity index (χ2n) is 22.4. The predicted molar refractivity (Wildman–Crippen MR) is 344 cm³/mol. The number of allylic oxidation sites excluding steroid dienone is 16. The van der Waals surface area contributed by atoms with Crippen molar-refractivity contribution in [2.75, 3.05) is 13.2 Å². The molecule has 79 heavy (non-hydrogen) atoms. The SMILES string of the molecule is CC/C=C\C/C=C\C/C=C\C/C=C\C/C=C\C/C=C\CCCCCCCCCCCCCCCCCCC(=O)OCC(COC(=O)CCCCCCCCCCCCC)OC(=O)CCCCCCC/C=C\C/C=C\CCCCC. The standard InChI is InChI=1S/C73H126O6/c1-4-7-10-13-16-19-22-24-26-27-28-29-30-31-32-33-34-35-36-37-38-39-40-41-42-43-44-45-47-48-51-54-57-60-63-66-72(75)78-69-70(68-77-71(74)65-62-59-56-53-50-21-18-15-12-9-6-3)79-73(76)67-64-61-58-55-52-49-46-25-23-20-17-14-11-8-5-2/h7,10,16-17,19-20,24-26,28-29,31-32,34-35,46,70H,4-6,8-9,11-15,18,21-23,27,30,33,36-45,47-69H2,1-3H3/b10-7-,19-16-,20-17-,26-24-,29-28-,32-31-,35-34-,46-25-. The van der Waals surface area contributed by atoms with Gasteiger partial charge < -0.3 is 14.2 Å². The number of carbonyl (C=O) groups is 3. The van der Waals surface area contributed by atoms with Crippen LogP contribution in [0.25, 0.3) is 0 Å². The van der Waals surface area contributed by atoms with Crippen LogP contribution >= 0.6 is 0 Å². The lowest BCUT2D eigenvalue weighted by molar-refractivity contribution is -0.167. The Kier molecular flexibility index (Phi) is 63.7. The topological polar surface area (TPSA) is 78.9 Å². The molecule has 1 atom stereocenters. The van der Waals surface area contributed by atoms with Gasteiger partial charge in [-0.05, 0) is 103 Å². The Morgan fingerprint density at radius 3 is 0.797 bits per heavy atom. The van der Waals surface area contributed by atoms with Crippen LogP contribution in [0.1, 0.15) is 329 Å². The molecule has 0 aliphatic heterocycles. The predicted octanol–water partition coefficient (Wildman–Crippen LogP) is 23.2. The molecule has 0 aromatic heterocycles. The van der Waals surface area contributed by atoms with Crippen LogP contribution < -0.4 is 0 Å². The van der Waals surface area contributed by atoms with E-state index < -0.39 is 6.10 Å². The van der Waals surface area contributed by atoms with E-state index in [0.717, 1.165) is 122 Å². The second-order valence-corrected chi connectivity index (χ2v) is 22.4. The number of rotatable bonds is 61. The van der Waals surface area contributed by atoms with Gasteiger partial charge in [0.15, 0.2) is 6.10 Å². The van der Waals surface area contributed by atoms with Crippen LogP contribution in [0.2, 0.25) is 0 Å². The Morgan fingerprint density at radius 2 is 0.494 bits per heavy atom. The van der Waals surface area contributed by atoms with Crippen LogP contribution in [0.3, 0.4) is 0 Å². The summed E-state index contributed by atoms with van der Waals surface area (Å²) in [6.45, 7) is 6.51. The van der Waals surface area contributed by atoms with E-state index in [1.54, 1.807) is 0 Å². The molecule has 6 heteroatoms. The first-order valence-electron chi connectivity index (χ1n) is 33.7. The first-order chi connectivity index (χ1) is 39.0. The Hall–Kier alpha value is -3.67. The first kappa shape index (κ1) is 75.3. The molecule has 0 bridgehead atoms. The number of ether oxygens (including phenoxy) is 3.